The number of allylic oxidation sites excluding steroid dienone is 6. The first kappa shape index (κ1) is 30.7. The Morgan fingerprint density at radius 3 is 2.61 bits per heavy atom. The highest BCUT2D eigenvalue weighted by Crippen LogP contribution is 2.46. The summed E-state index contributed by atoms with van der Waals surface area (Å²) in [5, 5.41) is 18.0. The molecule has 5 heteroatoms. The monoisotopic (exact) mass is 581 g/mol. The number of Topliss-reactive ketones (excluding diaryl/α,β-unsaturated/α-hetero) is 1. The van der Waals surface area contributed by atoms with Crippen molar-refractivity contribution >= 4 is 22.5 Å². The van der Waals surface area contributed by atoms with E-state index < -0.39 is 0 Å². The second-order valence-electron chi connectivity index (χ2n) is 11.7. The van der Waals surface area contributed by atoms with Gasteiger partial charge in [-0.25, -0.2) is 0 Å². The number of benzene rings is 3. The topological polar surface area (TPSA) is 82.0 Å². The summed E-state index contributed by atoms with van der Waals surface area (Å²) in [7, 11) is 0. The lowest BCUT2D eigenvalue weighted by Gasteiger charge is -2.20. The van der Waals surface area contributed by atoms with Crippen LogP contribution in [0.1, 0.15) is 73.4 Å². The molecule has 3 aromatic rings. The molecule has 0 spiro atoms. The molecule has 1 atom stereocenters. The Balaban J connectivity index is 1.07. The number of amides is 1. The van der Waals surface area contributed by atoms with Crippen molar-refractivity contribution in [1.82, 2.24) is 10.6 Å². The second-order valence-corrected chi connectivity index (χ2v) is 11.7. The Labute approximate surface area is 260 Å². The molecule has 0 bridgehead atoms. The fourth-order valence-electron chi connectivity index (χ4n) is 5.63. The Hall–Kier alpha value is -4.71. The fourth-order valence-corrected chi connectivity index (χ4v) is 5.63. The summed E-state index contributed by atoms with van der Waals surface area (Å²) in [6.45, 7) is 2.32. The van der Waals surface area contributed by atoms with Crippen LogP contribution in [0.25, 0.3) is 10.8 Å². The minimum Gasteiger partial charge on any atom is -0.343 e. The summed E-state index contributed by atoms with van der Waals surface area (Å²) in [6, 6.07) is 24.5. The van der Waals surface area contributed by atoms with Crippen LogP contribution < -0.4 is 10.6 Å². The smallest absolute Gasteiger partial charge is 0.252 e. The van der Waals surface area contributed by atoms with Crippen LogP contribution in [0.4, 0.5) is 0 Å². The van der Waals surface area contributed by atoms with E-state index in [0.29, 0.717) is 13.0 Å². The molecule has 0 aliphatic heterocycles. The number of nitriles is 1. The van der Waals surface area contributed by atoms with Crippen molar-refractivity contribution in [2.24, 2.45) is 0 Å². The Morgan fingerprint density at radius 2 is 1.80 bits per heavy atom. The van der Waals surface area contributed by atoms with E-state index in [4.69, 9.17) is 5.26 Å². The fraction of sp³-hybridized carbons (Fsp3) is 0.308. The molecule has 0 aromatic heterocycles. The van der Waals surface area contributed by atoms with Gasteiger partial charge < -0.3 is 5.32 Å². The van der Waals surface area contributed by atoms with E-state index in [1.54, 1.807) is 0 Å². The lowest BCUT2D eigenvalue weighted by molar-refractivity contribution is -0.120. The van der Waals surface area contributed by atoms with Crippen molar-refractivity contribution < 1.29 is 9.59 Å². The Morgan fingerprint density at radius 1 is 1.00 bits per heavy atom. The molecular formula is C39H39N3O2. The van der Waals surface area contributed by atoms with Crippen LogP contribution in [0.15, 0.2) is 102 Å². The average molecular weight is 582 g/mol. The standard InChI is InChI=1S/C39H39N3O2/c1-29(41-26-10-15-30-11-8-13-31(28-40)14-9-12-30)37(43)21-7-5-18-33-17-4-6-20-36(33)38(44)42-39(24-25-39)35-23-22-32-16-2-3-19-34(32)27-35/h2-4,6,8,11-13,16-17,19-20,22-23,27,29,41H,5,7,9,14,18,21,24-26H2,1H3,(H,42,44)/b11-8-,30-12+,31-13-. The first-order valence-electron chi connectivity index (χ1n) is 15.6. The molecule has 0 radical (unpaired) electrons. The number of nitrogens with zero attached hydrogens (tertiary/aromatic N) is 1. The highest BCUT2D eigenvalue weighted by Gasteiger charge is 2.46. The van der Waals surface area contributed by atoms with Gasteiger partial charge in [-0.15, -0.1) is 0 Å². The van der Waals surface area contributed by atoms with Gasteiger partial charge >= 0.3 is 0 Å². The number of hydrogen-bond acceptors (Lipinski definition) is 4. The van der Waals surface area contributed by atoms with Gasteiger partial charge in [0.25, 0.3) is 5.91 Å². The summed E-state index contributed by atoms with van der Waals surface area (Å²) < 4.78 is 0. The molecule has 1 saturated carbocycles. The predicted molar refractivity (Wildman–Crippen MR) is 177 cm³/mol. The normalized spacial score (nSPS) is 18.9. The van der Waals surface area contributed by atoms with E-state index >= 15 is 0 Å². The van der Waals surface area contributed by atoms with Crippen LogP contribution in [0.3, 0.4) is 0 Å². The largest absolute Gasteiger partial charge is 0.343 e. The SMILES string of the molecule is CC(NCC#CC1=C/CC/C(C#N)=C/C=C\1)C(=O)CCCCc1ccccc1C(=O)NC1(c2ccc3ccccc3c2)CC1. The molecule has 2 N–H and O–H groups in total. The summed E-state index contributed by atoms with van der Waals surface area (Å²) in [5.41, 5.74) is 4.30. The molecule has 3 aromatic carbocycles. The lowest BCUT2D eigenvalue weighted by atomic mass is 9.97. The molecule has 2 aliphatic rings. The molecule has 2 aliphatic carbocycles. The number of fused-ring (bicyclic) bond motifs is 1. The molecule has 0 heterocycles. The maximum Gasteiger partial charge on any atom is 0.252 e. The van der Waals surface area contributed by atoms with Crippen LogP contribution in [-0.2, 0) is 16.8 Å². The van der Waals surface area contributed by atoms with E-state index in [1.807, 2.05) is 67.6 Å². The quantitative estimate of drug-likeness (QED) is 0.185. The first-order valence-corrected chi connectivity index (χ1v) is 15.6. The van der Waals surface area contributed by atoms with Crippen molar-refractivity contribution in [3.8, 4) is 17.9 Å². The van der Waals surface area contributed by atoms with E-state index in [9.17, 15) is 9.59 Å². The summed E-state index contributed by atoms with van der Waals surface area (Å²) in [5.74, 6) is 6.38. The van der Waals surface area contributed by atoms with Gasteiger partial charge in [0.1, 0.15) is 5.78 Å². The number of hydrogen-bond donors (Lipinski definition) is 2. The van der Waals surface area contributed by atoms with Gasteiger partial charge in [0.15, 0.2) is 0 Å². The van der Waals surface area contributed by atoms with Gasteiger partial charge in [-0.1, -0.05) is 78.6 Å². The Kier molecular flexibility index (Phi) is 10.2. The van der Waals surface area contributed by atoms with Crippen molar-refractivity contribution in [3.05, 3.63) is 119 Å². The van der Waals surface area contributed by atoms with E-state index in [1.165, 1.54) is 10.8 Å². The number of ketones is 1. The highest BCUT2D eigenvalue weighted by molar-refractivity contribution is 5.96. The van der Waals surface area contributed by atoms with Crippen LogP contribution >= 0.6 is 0 Å². The predicted octanol–water partition coefficient (Wildman–Crippen LogP) is 7.25. The zero-order valence-corrected chi connectivity index (χ0v) is 25.4. The number of carbonyl (C=O) groups excluding carboxylic acids is 2. The lowest BCUT2D eigenvalue weighted by Crippen LogP contribution is -2.35. The van der Waals surface area contributed by atoms with Crippen molar-refractivity contribution in [3.63, 3.8) is 0 Å². The summed E-state index contributed by atoms with van der Waals surface area (Å²) in [4.78, 5) is 26.2. The number of carbonyl (C=O) groups is 2. The third-order valence-electron chi connectivity index (χ3n) is 8.49. The summed E-state index contributed by atoms with van der Waals surface area (Å²) in [6.07, 6.45) is 13.9. The van der Waals surface area contributed by atoms with Gasteiger partial charge in [0, 0.05) is 23.1 Å². The minimum atomic E-state index is -0.295. The molecular weight excluding hydrogens is 542 g/mol. The first-order chi connectivity index (χ1) is 21.5. The van der Waals surface area contributed by atoms with Crippen molar-refractivity contribution in [2.45, 2.75) is 69.9 Å². The van der Waals surface area contributed by atoms with Gasteiger partial charge in [0.2, 0.25) is 0 Å². The molecule has 5 nitrogen and oxygen atoms in total. The van der Waals surface area contributed by atoms with Gasteiger partial charge in [-0.05, 0) is 98.1 Å². The van der Waals surface area contributed by atoms with Crippen LogP contribution in [0.5, 0.6) is 0 Å². The average Bonchev–Trinajstić information content (AvgIpc) is 3.82. The van der Waals surface area contributed by atoms with Crippen molar-refractivity contribution in [2.75, 3.05) is 6.54 Å². The zero-order chi connectivity index (χ0) is 30.8. The third-order valence-corrected chi connectivity index (χ3v) is 8.49. The van der Waals surface area contributed by atoms with Gasteiger partial charge in [-0.3, -0.25) is 14.9 Å². The van der Waals surface area contributed by atoms with E-state index in [-0.39, 0.29) is 23.3 Å². The number of aryl methyl sites for hydroxylation is 1. The second kappa shape index (κ2) is 14.6. The number of unbranched alkanes of at least 4 members (excludes halogenated alkanes) is 1. The highest BCUT2D eigenvalue weighted by atomic mass is 16.2. The van der Waals surface area contributed by atoms with Crippen LogP contribution in [0.2, 0.25) is 0 Å². The number of nitrogens with one attached hydrogen (secondary N) is 2. The summed E-state index contributed by atoms with van der Waals surface area (Å²) >= 11 is 0. The van der Waals surface area contributed by atoms with Crippen molar-refractivity contribution in [1.29, 1.82) is 5.26 Å². The molecule has 1 fully saturated rings. The maximum atomic E-state index is 13.5. The molecule has 222 valence electrons. The van der Waals surface area contributed by atoms with Gasteiger partial charge in [-0.2, -0.15) is 5.26 Å². The van der Waals surface area contributed by atoms with Crippen LogP contribution in [0, 0.1) is 23.2 Å². The van der Waals surface area contributed by atoms with Gasteiger partial charge in [0.05, 0.1) is 24.2 Å². The van der Waals surface area contributed by atoms with E-state index in [0.717, 1.165) is 72.8 Å². The van der Waals surface area contributed by atoms with E-state index in [2.05, 4.69) is 58.9 Å². The van der Waals surface area contributed by atoms with Crippen LogP contribution in [-0.4, -0.2) is 24.3 Å². The molecule has 1 amide bonds. The third kappa shape index (κ3) is 8.01. The molecule has 44 heavy (non-hydrogen) atoms. The number of rotatable bonds is 11. The molecule has 5 rings (SSSR count). The Bertz CT molecular complexity index is 1720. The maximum absolute atomic E-state index is 13.5. The molecule has 0 saturated heterocycles. The zero-order valence-electron chi connectivity index (χ0n) is 25.4. The minimum absolute atomic E-state index is 0.0321. The molecule has 1 unspecified atom stereocenters.